The van der Waals surface area contributed by atoms with Crippen LogP contribution in [0.1, 0.15) is 26.2 Å². The number of alkyl halides is 2. The molecular formula is C15H19Cl2N3O. The number of hydrogen-bond donors (Lipinski definition) is 1. The molecule has 0 spiro atoms. The Labute approximate surface area is 134 Å². The molecule has 1 N–H and O–H groups in total. The van der Waals surface area contributed by atoms with E-state index < -0.39 is 9.75 Å². The molecule has 1 aliphatic carbocycles. The maximum atomic E-state index is 12.3. The van der Waals surface area contributed by atoms with E-state index in [1.165, 1.54) is 0 Å². The van der Waals surface area contributed by atoms with Crippen LogP contribution in [0.25, 0.3) is 0 Å². The van der Waals surface area contributed by atoms with Crippen molar-refractivity contribution >= 4 is 34.9 Å². The van der Waals surface area contributed by atoms with E-state index >= 15 is 0 Å². The molecule has 1 aromatic rings. The second-order valence-corrected chi connectivity index (χ2v) is 7.62. The summed E-state index contributed by atoms with van der Waals surface area (Å²) in [6.45, 7) is 3.61. The Balaban J connectivity index is 1.52. The number of hydrogen-bond acceptors (Lipinski definition) is 3. The lowest BCUT2D eigenvalue weighted by molar-refractivity contribution is -0.126. The van der Waals surface area contributed by atoms with Crippen LogP contribution in [0.3, 0.4) is 0 Å². The second kappa shape index (κ2) is 5.33. The van der Waals surface area contributed by atoms with Crippen LogP contribution < -0.4 is 10.2 Å². The number of amides is 1. The zero-order valence-corrected chi connectivity index (χ0v) is 13.5. The lowest BCUT2D eigenvalue weighted by Gasteiger charge is -2.33. The van der Waals surface area contributed by atoms with Gasteiger partial charge in [0.05, 0.1) is 5.41 Å². The van der Waals surface area contributed by atoms with Gasteiger partial charge in [-0.3, -0.25) is 4.79 Å². The van der Waals surface area contributed by atoms with E-state index in [1.807, 2.05) is 25.1 Å². The molecule has 1 aliphatic heterocycles. The summed E-state index contributed by atoms with van der Waals surface area (Å²) in [4.78, 5) is 18.9. The maximum Gasteiger partial charge on any atom is 0.229 e. The highest BCUT2D eigenvalue weighted by Gasteiger charge is 2.68. The van der Waals surface area contributed by atoms with Gasteiger partial charge in [-0.15, -0.1) is 23.2 Å². The zero-order valence-electron chi connectivity index (χ0n) is 12.0. The van der Waals surface area contributed by atoms with Gasteiger partial charge in [-0.2, -0.15) is 0 Å². The Morgan fingerprint density at radius 1 is 1.38 bits per heavy atom. The molecule has 2 aliphatic rings. The summed E-state index contributed by atoms with van der Waals surface area (Å²) in [5.74, 6) is 0.973. The van der Waals surface area contributed by atoms with Gasteiger partial charge in [0.2, 0.25) is 5.91 Å². The van der Waals surface area contributed by atoms with Crippen molar-refractivity contribution in [3.8, 4) is 0 Å². The summed E-state index contributed by atoms with van der Waals surface area (Å²) in [7, 11) is 0. The summed E-state index contributed by atoms with van der Waals surface area (Å²) in [5, 5.41) is 3.09. The number of rotatable bonds is 3. The molecule has 6 heteroatoms. The number of piperidine rings is 1. The topological polar surface area (TPSA) is 45.2 Å². The quantitative estimate of drug-likeness (QED) is 0.868. The molecule has 2 fully saturated rings. The number of nitrogens with zero attached hydrogens (tertiary/aromatic N) is 2. The second-order valence-electron chi connectivity index (χ2n) is 6.14. The van der Waals surface area contributed by atoms with Gasteiger partial charge in [-0.25, -0.2) is 4.98 Å². The molecule has 2 heterocycles. The summed E-state index contributed by atoms with van der Waals surface area (Å²) >= 11 is 12.1. The first-order valence-corrected chi connectivity index (χ1v) is 8.03. The van der Waals surface area contributed by atoms with Gasteiger partial charge in [0.25, 0.3) is 0 Å². The van der Waals surface area contributed by atoms with Crippen LogP contribution in [0, 0.1) is 5.41 Å². The Hall–Kier alpha value is -1.000. The van der Waals surface area contributed by atoms with Gasteiger partial charge in [0, 0.05) is 25.3 Å². The Morgan fingerprint density at radius 3 is 2.57 bits per heavy atom. The number of anilines is 1. The highest BCUT2D eigenvalue weighted by atomic mass is 35.5. The molecule has 3 rings (SSSR count). The number of pyridine rings is 1. The van der Waals surface area contributed by atoms with Gasteiger partial charge in [-0.05, 0) is 38.3 Å². The Bertz CT molecular complexity index is 529. The largest absolute Gasteiger partial charge is 0.356 e. The van der Waals surface area contributed by atoms with Crippen molar-refractivity contribution in [1.82, 2.24) is 10.3 Å². The number of nitrogens with one attached hydrogen (secondary N) is 1. The normalized spacial score (nSPS) is 28.2. The summed E-state index contributed by atoms with van der Waals surface area (Å²) in [5.41, 5.74) is -0.631. The third kappa shape index (κ3) is 2.84. The summed E-state index contributed by atoms with van der Waals surface area (Å²) in [6, 6.07) is 6.11. The fraction of sp³-hybridized carbons (Fsp3) is 0.600. The smallest absolute Gasteiger partial charge is 0.229 e. The molecule has 1 amide bonds. The Morgan fingerprint density at radius 2 is 2.05 bits per heavy atom. The minimum Gasteiger partial charge on any atom is -0.356 e. The monoisotopic (exact) mass is 327 g/mol. The average Bonchev–Trinajstić information content (AvgIpc) is 3.01. The van der Waals surface area contributed by atoms with Crippen molar-refractivity contribution in [2.45, 2.75) is 36.6 Å². The van der Waals surface area contributed by atoms with Crippen molar-refractivity contribution in [2.75, 3.05) is 18.0 Å². The predicted molar refractivity (Wildman–Crippen MR) is 84.8 cm³/mol. The molecule has 1 saturated heterocycles. The van der Waals surface area contributed by atoms with Crippen LogP contribution >= 0.6 is 23.2 Å². The third-order valence-electron chi connectivity index (χ3n) is 4.56. The predicted octanol–water partition coefficient (Wildman–Crippen LogP) is 2.75. The van der Waals surface area contributed by atoms with E-state index in [2.05, 4.69) is 15.2 Å². The lowest BCUT2D eigenvalue weighted by Crippen LogP contribution is -2.47. The number of aromatic nitrogens is 1. The zero-order chi connectivity index (χ0) is 15.1. The van der Waals surface area contributed by atoms with Crippen molar-refractivity contribution in [2.24, 2.45) is 5.41 Å². The molecule has 21 heavy (non-hydrogen) atoms. The highest BCUT2D eigenvalue weighted by Crippen LogP contribution is 2.63. The highest BCUT2D eigenvalue weighted by molar-refractivity contribution is 6.53. The van der Waals surface area contributed by atoms with Crippen LogP contribution in [-0.2, 0) is 4.79 Å². The molecule has 4 nitrogen and oxygen atoms in total. The summed E-state index contributed by atoms with van der Waals surface area (Å²) in [6.07, 6.45) is 4.16. The van der Waals surface area contributed by atoms with E-state index in [0.29, 0.717) is 6.42 Å². The van der Waals surface area contributed by atoms with Crippen LogP contribution in [0.4, 0.5) is 5.82 Å². The number of carbonyl (C=O) groups excluding carboxylic acids is 1. The first kappa shape index (κ1) is 14.9. The Kier molecular flexibility index (Phi) is 3.78. The molecule has 0 unspecified atom stereocenters. The number of halogens is 2. The van der Waals surface area contributed by atoms with E-state index in [0.717, 1.165) is 31.7 Å². The van der Waals surface area contributed by atoms with Crippen LogP contribution in [0.5, 0.6) is 0 Å². The molecule has 0 bridgehead atoms. The standard InChI is InChI=1S/C15H19Cl2N3O/c1-14(10-15(14,16)17)13(21)19-11-5-8-20(9-6-11)12-4-2-3-7-18-12/h2-4,7,11H,5-6,8-10H2,1H3,(H,19,21)/t14-/m0/s1. The fourth-order valence-electron chi connectivity index (χ4n) is 2.78. The van der Waals surface area contributed by atoms with E-state index in [-0.39, 0.29) is 11.9 Å². The number of carbonyl (C=O) groups is 1. The molecular weight excluding hydrogens is 309 g/mol. The van der Waals surface area contributed by atoms with E-state index in [4.69, 9.17) is 23.2 Å². The first-order valence-electron chi connectivity index (χ1n) is 7.27. The lowest BCUT2D eigenvalue weighted by atomic mass is 10.0. The molecule has 1 atom stereocenters. The molecule has 1 saturated carbocycles. The molecule has 1 aromatic heterocycles. The van der Waals surface area contributed by atoms with Crippen molar-refractivity contribution in [3.05, 3.63) is 24.4 Å². The van der Waals surface area contributed by atoms with Gasteiger partial charge in [0.15, 0.2) is 0 Å². The van der Waals surface area contributed by atoms with Gasteiger partial charge >= 0.3 is 0 Å². The van der Waals surface area contributed by atoms with Gasteiger partial charge in [0.1, 0.15) is 10.2 Å². The summed E-state index contributed by atoms with van der Waals surface area (Å²) < 4.78 is -0.897. The van der Waals surface area contributed by atoms with Crippen LogP contribution in [0.2, 0.25) is 0 Å². The van der Waals surface area contributed by atoms with Gasteiger partial charge < -0.3 is 10.2 Å². The van der Waals surface area contributed by atoms with Crippen molar-refractivity contribution < 1.29 is 4.79 Å². The molecule has 0 radical (unpaired) electrons. The minimum absolute atomic E-state index is 0.0243. The van der Waals surface area contributed by atoms with Crippen LogP contribution in [0.15, 0.2) is 24.4 Å². The van der Waals surface area contributed by atoms with Crippen LogP contribution in [-0.4, -0.2) is 34.4 Å². The molecule has 114 valence electrons. The fourth-order valence-corrected chi connectivity index (χ4v) is 3.49. The van der Waals surface area contributed by atoms with Crippen molar-refractivity contribution in [3.63, 3.8) is 0 Å². The molecule has 0 aromatic carbocycles. The van der Waals surface area contributed by atoms with Gasteiger partial charge in [-0.1, -0.05) is 6.07 Å². The minimum atomic E-state index is -0.897. The maximum absolute atomic E-state index is 12.3. The third-order valence-corrected chi connectivity index (χ3v) is 5.66. The SMILES string of the molecule is C[C@@]1(C(=O)NC2CCN(c3ccccn3)CC2)CC1(Cl)Cl. The first-order chi connectivity index (χ1) is 9.92. The van der Waals surface area contributed by atoms with Crippen molar-refractivity contribution in [1.29, 1.82) is 0 Å². The average molecular weight is 328 g/mol. The van der Waals surface area contributed by atoms with E-state index in [9.17, 15) is 4.79 Å². The van der Waals surface area contributed by atoms with E-state index in [1.54, 1.807) is 6.20 Å².